The molecule has 2 N–H and O–H groups in total. The number of fused-ring (bicyclic) bond motifs is 1. The van der Waals surface area contributed by atoms with Crippen LogP contribution in [-0.4, -0.2) is 27.9 Å². The van der Waals surface area contributed by atoms with E-state index in [1.807, 2.05) is 24.3 Å². The van der Waals surface area contributed by atoms with Crippen molar-refractivity contribution in [3.63, 3.8) is 0 Å². The Morgan fingerprint density at radius 2 is 1.83 bits per heavy atom. The van der Waals surface area contributed by atoms with E-state index in [0.717, 1.165) is 10.2 Å². The highest BCUT2D eigenvalue weighted by Gasteiger charge is 2.20. The highest BCUT2D eigenvalue weighted by atomic mass is 32.1. The third-order valence-corrected chi connectivity index (χ3v) is 5.62. The predicted octanol–water partition coefficient (Wildman–Crippen LogP) is 4.41. The van der Waals surface area contributed by atoms with Gasteiger partial charge in [-0.1, -0.05) is 35.6 Å². The van der Waals surface area contributed by atoms with Crippen LogP contribution in [0.2, 0.25) is 0 Å². The molecule has 2 aromatic carbocycles. The van der Waals surface area contributed by atoms with Gasteiger partial charge in [0.15, 0.2) is 16.4 Å². The number of ether oxygens (including phenoxy) is 1. The summed E-state index contributed by atoms with van der Waals surface area (Å²) in [6.07, 6.45) is 0.795. The van der Waals surface area contributed by atoms with Crippen molar-refractivity contribution in [1.29, 1.82) is 0 Å². The van der Waals surface area contributed by atoms with Gasteiger partial charge in [0.2, 0.25) is 0 Å². The van der Waals surface area contributed by atoms with Crippen LogP contribution in [0.5, 0.6) is 5.75 Å². The first-order chi connectivity index (χ1) is 14.1. The molecule has 4 rings (SSSR count). The van der Waals surface area contributed by atoms with Crippen molar-refractivity contribution in [2.45, 2.75) is 13.0 Å². The molecule has 0 aliphatic rings. The molecular weight excluding hydrogens is 408 g/mol. The number of amides is 2. The quantitative estimate of drug-likeness (QED) is 0.478. The first kappa shape index (κ1) is 19.0. The van der Waals surface area contributed by atoms with E-state index in [4.69, 9.17) is 4.74 Å². The Bertz CT molecular complexity index is 1120. The zero-order valence-electron chi connectivity index (χ0n) is 15.3. The summed E-state index contributed by atoms with van der Waals surface area (Å²) < 4.78 is 6.75. The summed E-state index contributed by atoms with van der Waals surface area (Å²) in [5, 5.41) is 8.25. The minimum atomic E-state index is -0.810. The van der Waals surface area contributed by atoms with Crippen LogP contribution in [0.3, 0.4) is 0 Å². The van der Waals surface area contributed by atoms with Crippen molar-refractivity contribution in [2.24, 2.45) is 0 Å². The summed E-state index contributed by atoms with van der Waals surface area (Å²) in [5.74, 6) is -0.388. The van der Waals surface area contributed by atoms with Crippen LogP contribution in [0, 0.1) is 0 Å². The van der Waals surface area contributed by atoms with E-state index in [0.29, 0.717) is 21.6 Å². The lowest BCUT2D eigenvalue weighted by molar-refractivity contribution is -0.122. The Hall–Kier alpha value is -3.30. The average molecular weight is 425 g/mol. The zero-order chi connectivity index (χ0) is 20.2. The van der Waals surface area contributed by atoms with Crippen molar-refractivity contribution >= 4 is 55.0 Å². The average Bonchev–Trinajstić information content (AvgIpc) is 3.37. The summed E-state index contributed by atoms with van der Waals surface area (Å²) >= 11 is 2.71. The lowest BCUT2D eigenvalue weighted by Gasteiger charge is -2.16. The second-order valence-electron chi connectivity index (χ2n) is 6.02. The molecular formula is C20H16N4O3S2. The molecule has 0 saturated carbocycles. The standard InChI is InChI=1S/C20H16N4O3S2/c1-12(17(25)23-19-21-10-11-28-19)27-15-8-4-2-6-13(15)18(26)24-20-22-14-7-3-5-9-16(14)29-20/h2-12H,1H3,(H,21,23,25)(H,22,24,26). The third kappa shape index (κ3) is 4.41. The minimum absolute atomic E-state index is 0.313. The first-order valence-corrected chi connectivity index (χ1v) is 10.4. The topological polar surface area (TPSA) is 93.2 Å². The number of thiazole rings is 2. The Labute approximate surface area is 174 Å². The first-order valence-electron chi connectivity index (χ1n) is 8.73. The number of carbonyl (C=O) groups is 2. The molecule has 1 atom stereocenters. The van der Waals surface area contributed by atoms with Gasteiger partial charge in [-0.05, 0) is 31.2 Å². The van der Waals surface area contributed by atoms with E-state index in [1.165, 1.54) is 22.7 Å². The number of hydrogen-bond donors (Lipinski definition) is 2. The lowest BCUT2D eigenvalue weighted by atomic mass is 10.2. The second-order valence-corrected chi connectivity index (χ2v) is 7.95. The van der Waals surface area contributed by atoms with E-state index >= 15 is 0 Å². The molecule has 1 unspecified atom stereocenters. The molecule has 2 heterocycles. The molecule has 7 nitrogen and oxygen atoms in total. The molecule has 0 bridgehead atoms. The third-order valence-electron chi connectivity index (χ3n) is 3.98. The highest BCUT2D eigenvalue weighted by molar-refractivity contribution is 7.22. The van der Waals surface area contributed by atoms with Crippen molar-refractivity contribution in [2.75, 3.05) is 10.6 Å². The Balaban J connectivity index is 1.48. The molecule has 2 aromatic heterocycles. The van der Waals surface area contributed by atoms with E-state index in [-0.39, 0.29) is 11.8 Å². The summed E-state index contributed by atoms with van der Waals surface area (Å²) in [4.78, 5) is 33.5. The Morgan fingerprint density at radius 1 is 1.03 bits per heavy atom. The maximum atomic E-state index is 12.8. The Morgan fingerprint density at radius 3 is 2.62 bits per heavy atom. The summed E-state index contributed by atoms with van der Waals surface area (Å²) in [6, 6.07) is 14.4. The van der Waals surface area contributed by atoms with E-state index in [2.05, 4.69) is 20.6 Å². The van der Waals surface area contributed by atoms with Crippen LogP contribution in [-0.2, 0) is 4.79 Å². The predicted molar refractivity (Wildman–Crippen MR) is 115 cm³/mol. The molecule has 4 aromatic rings. The van der Waals surface area contributed by atoms with Gasteiger partial charge in [0.05, 0.1) is 15.8 Å². The summed E-state index contributed by atoms with van der Waals surface area (Å²) in [6.45, 7) is 1.62. The van der Waals surface area contributed by atoms with Crippen LogP contribution in [0.15, 0.2) is 60.1 Å². The highest BCUT2D eigenvalue weighted by Crippen LogP contribution is 2.27. The molecule has 0 aliphatic heterocycles. The molecule has 9 heteroatoms. The fourth-order valence-electron chi connectivity index (χ4n) is 2.58. The van der Waals surface area contributed by atoms with Gasteiger partial charge >= 0.3 is 0 Å². The van der Waals surface area contributed by atoms with Gasteiger partial charge in [0, 0.05) is 11.6 Å². The largest absolute Gasteiger partial charge is 0.480 e. The maximum Gasteiger partial charge on any atom is 0.266 e. The van der Waals surface area contributed by atoms with Gasteiger partial charge in [-0.25, -0.2) is 9.97 Å². The van der Waals surface area contributed by atoms with Crippen LogP contribution >= 0.6 is 22.7 Å². The number of carbonyl (C=O) groups excluding carboxylic acids is 2. The minimum Gasteiger partial charge on any atom is -0.480 e. The van der Waals surface area contributed by atoms with Crippen LogP contribution in [0.25, 0.3) is 10.2 Å². The fourth-order valence-corrected chi connectivity index (χ4v) is 3.98. The zero-order valence-corrected chi connectivity index (χ0v) is 16.9. The molecule has 0 radical (unpaired) electrons. The van der Waals surface area contributed by atoms with Crippen molar-refractivity contribution in [3.05, 3.63) is 65.7 Å². The number of nitrogens with one attached hydrogen (secondary N) is 2. The van der Waals surface area contributed by atoms with Crippen molar-refractivity contribution in [3.8, 4) is 5.75 Å². The second kappa shape index (κ2) is 8.38. The molecule has 29 heavy (non-hydrogen) atoms. The van der Waals surface area contributed by atoms with Gasteiger partial charge < -0.3 is 4.74 Å². The number of anilines is 2. The van der Waals surface area contributed by atoms with Gasteiger partial charge in [-0.2, -0.15) is 0 Å². The van der Waals surface area contributed by atoms with Crippen LogP contribution in [0.1, 0.15) is 17.3 Å². The molecule has 0 saturated heterocycles. The number of aromatic nitrogens is 2. The summed E-state index contributed by atoms with van der Waals surface area (Å²) in [5.41, 5.74) is 1.14. The monoisotopic (exact) mass is 424 g/mol. The van der Waals surface area contributed by atoms with Gasteiger partial charge in [0.1, 0.15) is 5.75 Å². The normalized spacial score (nSPS) is 11.8. The number of rotatable bonds is 6. The fraction of sp³-hybridized carbons (Fsp3) is 0.100. The molecule has 0 spiro atoms. The van der Waals surface area contributed by atoms with E-state index in [1.54, 1.807) is 42.8 Å². The number of para-hydroxylation sites is 2. The maximum absolute atomic E-state index is 12.8. The number of nitrogens with zero attached hydrogens (tertiary/aromatic N) is 2. The summed E-state index contributed by atoms with van der Waals surface area (Å²) in [7, 11) is 0. The van der Waals surface area contributed by atoms with Gasteiger partial charge in [-0.3, -0.25) is 20.2 Å². The van der Waals surface area contributed by atoms with Crippen LogP contribution in [0.4, 0.5) is 10.3 Å². The van der Waals surface area contributed by atoms with Crippen molar-refractivity contribution in [1.82, 2.24) is 9.97 Å². The Kier molecular flexibility index (Phi) is 5.50. The van der Waals surface area contributed by atoms with Gasteiger partial charge in [-0.15, -0.1) is 11.3 Å². The smallest absolute Gasteiger partial charge is 0.266 e. The number of hydrogen-bond acceptors (Lipinski definition) is 7. The molecule has 0 aliphatic carbocycles. The lowest BCUT2D eigenvalue weighted by Crippen LogP contribution is -2.30. The number of benzene rings is 2. The van der Waals surface area contributed by atoms with E-state index < -0.39 is 6.10 Å². The van der Waals surface area contributed by atoms with Crippen molar-refractivity contribution < 1.29 is 14.3 Å². The molecule has 0 fully saturated rings. The molecule has 2 amide bonds. The molecule has 146 valence electrons. The SMILES string of the molecule is CC(Oc1ccccc1C(=O)Nc1nc2ccccc2s1)C(=O)Nc1nccs1. The van der Waals surface area contributed by atoms with Crippen LogP contribution < -0.4 is 15.4 Å². The van der Waals surface area contributed by atoms with Gasteiger partial charge in [0.25, 0.3) is 11.8 Å². The van der Waals surface area contributed by atoms with E-state index in [9.17, 15) is 9.59 Å².